The van der Waals surface area contributed by atoms with E-state index in [1.165, 1.54) is 0 Å². The Morgan fingerprint density at radius 3 is 2.80 bits per heavy atom. The van der Waals surface area contributed by atoms with Crippen LogP contribution in [-0.2, 0) is 4.79 Å². The molecule has 5 nitrogen and oxygen atoms in total. The van der Waals surface area contributed by atoms with E-state index in [1.807, 2.05) is 11.5 Å². The zero-order chi connectivity index (χ0) is 14.7. The number of carboxylic acid groups (broad SMARTS) is 1. The van der Waals surface area contributed by atoms with Crippen LogP contribution in [0.25, 0.3) is 0 Å². The van der Waals surface area contributed by atoms with Gasteiger partial charge in [-0.25, -0.2) is 0 Å². The van der Waals surface area contributed by atoms with Crippen molar-refractivity contribution >= 4 is 23.5 Å². The molecule has 1 aromatic heterocycles. The Balaban J connectivity index is 1.99. The van der Waals surface area contributed by atoms with Crippen LogP contribution in [0.5, 0.6) is 0 Å². The summed E-state index contributed by atoms with van der Waals surface area (Å²) in [6.45, 7) is 2.07. The van der Waals surface area contributed by atoms with Gasteiger partial charge in [0.2, 0.25) is 0 Å². The molecule has 1 saturated carbocycles. The number of carbonyl (C=O) groups excluding carboxylic acids is 1. The molecule has 0 spiro atoms. The lowest BCUT2D eigenvalue weighted by Gasteiger charge is -2.13. The SMILES string of the molecule is CCCC(CNC(=O)c1cc(Cl)cn1C1CC1)C(=O)O. The van der Waals surface area contributed by atoms with Gasteiger partial charge in [0.05, 0.1) is 10.9 Å². The summed E-state index contributed by atoms with van der Waals surface area (Å²) in [5.74, 6) is -1.67. The minimum Gasteiger partial charge on any atom is -0.481 e. The number of hydrogen-bond donors (Lipinski definition) is 2. The summed E-state index contributed by atoms with van der Waals surface area (Å²) < 4.78 is 1.88. The number of nitrogens with zero attached hydrogens (tertiary/aromatic N) is 1. The number of halogens is 1. The zero-order valence-corrected chi connectivity index (χ0v) is 12.2. The maximum Gasteiger partial charge on any atom is 0.308 e. The Morgan fingerprint density at radius 2 is 2.25 bits per heavy atom. The van der Waals surface area contributed by atoms with Crippen molar-refractivity contribution in [1.29, 1.82) is 0 Å². The van der Waals surface area contributed by atoms with Gasteiger partial charge in [-0.1, -0.05) is 24.9 Å². The van der Waals surface area contributed by atoms with E-state index in [1.54, 1.807) is 12.3 Å². The largest absolute Gasteiger partial charge is 0.481 e. The highest BCUT2D eigenvalue weighted by Gasteiger charge is 2.28. The minimum atomic E-state index is -0.872. The molecule has 0 aliphatic heterocycles. The summed E-state index contributed by atoms with van der Waals surface area (Å²) >= 11 is 5.95. The van der Waals surface area contributed by atoms with Gasteiger partial charge in [-0.2, -0.15) is 0 Å². The molecule has 1 amide bonds. The number of aliphatic carboxylic acids is 1. The van der Waals surface area contributed by atoms with Crippen LogP contribution in [0.1, 0.15) is 49.1 Å². The topological polar surface area (TPSA) is 71.3 Å². The summed E-state index contributed by atoms with van der Waals surface area (Å²) in [7, 11) is 0. The van der Waals surface area contributed by atoms with E-state index in [0.717, 1.165) is 19.3 Å². The highest BCUT2D eigenvalue weighted by molar-refractivity contribution is 6.31. The number of rotatable bonds is 7. The number of carboxylic acids is 1. The fraction of sp³-hybridized carbons (Fsp3) is 0.571. The van der Waals surface area contributed by atoms with E-state index < -0.39 is 11.9 Å². The van der Waals surface area contributed by atoms with E-state index >= 15 is 0 Å². The Hall–Kier alpha value is -1.49. The predicted molar refractivity (Wildman–Crippen MR) is 76.1 cm³/mol. The van der Waals surface area contributed by atoms with Gasteiger partial charge in [0.1, 0.15) is 5.69 Å². The smallest absolute Gasteiger partial charge is 0.308 e. The molecule has 0 saturated heterocycles. The molecule has 0 aromatic carbocycles. The number of carbonyl (C=O) groups is 2. The fourth-order valence-electron chi connectivity index (χ4n) is 2.25. The van der Waals surface area contributed by atoms with Crippen LogP contribution in [0.15, 0.2) is 12.3 Å². The quantitative estimate of drug-likeness (QED) is 0.813. The van der Waals surface area contributed by atoms with Crippen molar-refractivity contribution < 1.29 is 14.7 Å². The second-order valence-corrected chi connectivity index (χ2v) is 5.65. The van der Waals surface area contributed by atoms with Crippen molar-refractivity contribution in [1.82, 2.24) is 9.88 Å². The van der Waals surface area contributed by atoms with Gasteiger partial charge in [-0.15, -0.1) is 0 Å². The number of nitrogens with one attached hydrogen (secondary N) is 1. The molecule has 1 atom stereocenters. The van der Waals surface area contributed by atoms with E-state index in [0.29, 0.717) is 23.2 Å². The van der Waals surface area contributed by atoms with Crippen molar-refractivity contribution in [3.05, 3.63) is 23.0 Å². The molecule has 1 fully saturated rings. The average Bonchev–Trinajstić information content (AvgIpc) is 3.16. The van der Waals surface area contributed by atoms with Crippen molar-refractivity contribution in [2.24, 2.45) is 5.92 Å². The normalized spacial score (nSPS) is 15.9. The Labute approximate surface area is 122 Å². The summed E-state index contributed by atoms with van der Waals surface area (Å²) in [5.41, 5.74) is 0.512. The predicted octanol–water partition coefficient (Wildman–Crippen LogP) is 2.71. The first-order valence-electron chi connectivity index (χ1n) is 6.91. The van der Waals surface area contributed by atoms with E-state index in [9.17, 15) is 9.59 Å². The van der Waals surface area contributed by atoms with Crippen molar-refractivity contribution in [3.8, 4) is 0 Å². The molecule has 6 heteroatoms. The van der Waals surface area contributed by atoms with Crippen LogP contribution in [-0.4, -0.2) is 28.1 Å². The second-order valence-electron chi connectivity index (χ2n) is 5.22. The van der Waals surface area contributed by atoms with Gasteiger partial charge in [-0.05, 0) is 25.3 Å². The molecule has 1 aliphatic rings. The lowest BCUT2D eigenvalue weighted by Crippen LogP contribution is -2.33. The molecule has 0 bridgehead atoms. The molecule has 2 rings (SSSR count). The second kappa shape index (κ2) is 6.31. The lowest BCUT2D eigenvalue weighted by atomic mass is 10.0. The number of hydrogen-bond acceptors (Lipinski definition) is 2. The van der Waals surface area contributed by atoms with Gasteiger partial charge in [0.25, 0.3) is 5.91 Å². The number of amides is 1. The molecule has 110 valence electrons. The van der Waals surface area contributed by atoms with Crippen molar-refractivity contribution in [3.63, 3.8) is 0 Å². The first kappa shape index (κ1) is 14.9. The van der Waals surface area contributed by atoms with Crippen molar-refractivity contribution in [2.45, 2.75) is 38.6 Å². The van der Waals surface area contributed by atoms with Gasteiger partial charge >= 0.3 is 5.97 Å². The summed E-state index contributed by atoms with van der Waals surface area (Å²) in [6, 6.07) is 1.99. The highest BCUT2D eigenvalue weighted by atomic mass is 35.5. The minimum absolute atomic E-state index is 0.148. The first-order chi connectivity index (χ1) is 9.52. The molecule has 1 aromatic rings. The molecule has 1 heterocycles. The summed E-state index contributed by atoms with van der Waals surface area (Å²) in [4.78, 5) is 23.2. The molecule has 0 radical (unpaired) electrons. The third-order valence-electron chi connectivity index (χ3n) is 3.48. The standard InChI is InChI=1S/C14H19ClN2O3/c1-2-3-9(14(19)20)7-16-13(18)12-6-10(15)8-17(12)11-4-5-11/h6,8-9,11H,2-5,7H2,1H3,(H,16,18)(H,19,20). The van der Waals surface area contributed by atoms with Crippen LogP contribution in [0.2, 0.25) is 5.02 Å². The third kappa shape index (κ3) is 3.54. The third-order valence-corrected chi connectivity index (χ3v) is 3.69. The molecule has 20 heavy (non-hydrogen) atoms. The van der Waals surface area contributed by atoms with Gasteiger partial charge in [0.15, 0.2) is 0 Å². The van der Waals surface area contributed by atoms with Gasteiger partial charge < -0.3 is 15.0 Å². The van der Waals surface area contributed by atoms with Crippen LogP contribution >= 0.6 is 11.6 Å². The Bertz CT molecular complexity index is 509. The Morgan fingerprint density at radius 1 is 1.55 bits per heavy atom. The molecular weight excluding hydrogens is 280 g/mol. The van der Waals surface area contributed by atoms with E-state index in [-0.39, 0.29) is 12.5 Å². The maximum atomic E-state index is 12.2. The average molecular weight is 299 g/mol. The van der Waals surface area contributed by atoms with Gasteiger partial charge in [0, 0.05) is 18.8 Å². The summed E-state index contributed by atoms with van der Waals surface area (Å²) in [6.07, 6.45) is 5.20. The molecule has 1 unspecified atom stereocenters. The first-order valence-corrected chi connectivity index (χ1v) is 7.29. The monoisotopic (exact) mass is 298 g/mol. The zero-order valence-electron chi connectivity index (χ0n) is 11.4. The summed E-state index contributed by atoms with van der Waals surface area (Å²) in [5, 5.41) is 12.3. The Kier molecular flexibility index (Phi) is 4.70. The van der Waals surface area contributed by atoms with Crippen LogP contribution < -0.4 is 5.32 Å². The van der Waals surface area contributed by atoms with E-state index in [2.05, 4.69) is 5.32 Å². The van der Waals surface area contributed by atoms with Crippen LogP contribution in [0, 0.1) is 5.92 Å². The molecular formula is C14H19ClN2O3. The van der Waals surface area contributed by atoms with Gasteiger partial charge in [-0.3, -0.25) is 9.59 Å². The van der Waals surface area contributed by atoms with Crippen molar-refractivity contribution in [2.75, 3.05) is 6.54 Å². The van der Waals surface area contributed by atoms with Crippen LogP contribution in [0.3, 0.4) is 0 Å². The van der Waals surface area contributed by atoms with E-state index in [4.69, 9.17) is 16.7 Å². The molecule has 1 aliphatic carbocycles. The van der Waals surface area contributed by atoms with Crippen LogP contribution in [0.4, 0.5) is 0 Å². The highest BCUT2D eigenvalue weighted by Crippen LogP contribution is 2.37. The fourth-order valence-corrected chi connectivity index (χ4v) is 2.46. The molecule has 2 N–H and O–H groups in total. The lowest BCUT2D eigenvalue weighted by molar-refractivity contribution is -0.141. The maximum absolute atomic E-state index is 12.2. The number of aromatic nitrogens is 1.